The first-order chi connectivity index (χ1) is 12.0. The highest BCUT2D eigenvalue weighted by molar-refractivity contribution is 5.92. The summed E-state index contributed by atoms with van der Waals surface area (Å²) in [7, 11) is 1.36. The summed E-state index contributed by atoms with van der Waals surface area (Å²) in [5.74, 6) is 5.76. The fraction of sp³-hybridized carbons (Fsp3) is 0.235. The zero-order chi connectivity index (χ0) is 18.4. The van der Waals surface area contributed by atoms with Crippen LogP contribution in [0.2, 0.25) is 0 Å². The number of carbonyl (C=O) groups is 2. The van der Waals surface area contributed by atoms with Crippen LogP contribution in [0, 0.1) is 0 Å². The first kappa shape index (κ1) is 18.2. The Morgan fingerprint density at radius 1 is 1.28 bits per heavy atom. The molecule has 4 N–H and O–H groups in total. The van der Waals surface area contributed by atoms with Gasteiger partial charge in [0.25, 0.3) is 0 Å². The average Bonchev–Trinajstić information content (AvgIpc) is 3.09. The lowest BCUT2D eigenvalue weighted by Gasteiger charge is -2.12. The van der Waals surface area contributed by atoms with Gasteiger partial charge in [0, 0.05) is 5.56 Å². The number of hydrogen-bond donors (Lipinski definition) is 3. The number of ether oxygens (including phenoxy) is 1. The maximum absolute atomic E-state index is 11.9. The second kappa shape index (κ2) is 8.11. The standard InChI is InChI=1S/C17H20N4O4/c1-10(2)14-8-11(4-6-13(14)16(22)24-3)15-7-5-12(25-15)9-19-21-17(23)20-18/h4-10H,18H2,1-3H3,(H2,20,21,23)/b19-9+. The Bertz CT molecular complexity index is 796. The van der Waals surface area contributed by atoms with Crippen LogP contribution in [0.4, 0.5) is 4.79 Å². The highest BCUT2D eigenvalue weighted by Crippen LogP contribution is 2.28. The van der Waals surface area contributed by atoms with Crippen LogP contribution in [-0.2, 0) is 4.74 Å². The van der Waals surface area contributed by atoms with Gasteiger partial charge >= 0.3 is 12.0 Å². The molecule has 1 heterocycles. The Morgan fingerprint density at radius 2 is 2.04 bits per heavy atom. The summed E-state index contributed by atoms with van der Waals surface area (Å²) in [6, 6.07) is 8.27. The third-order valence-electron chi connectivity index (χ3n) is 3.48. The van der Waals surface area contributed by atoms with Gasteiger partial charge in [-0.15, -0.1) is 0 Å². The van der Waals surface area contributed by atoms with Crippen LogP contribution in [0.15, 0.2) is 39.9 Å². The number of nitrogens with two attached hydrogens (primary N) is 1. The molecular formula is C17H20N4O4. The summed E-state index contributed by atoms with van der Waals surface area (Å²) < 4.78 is 10.5. The third-order valence-corrected chi connectivity index (χ3v) is 3.48. The van der Waals surface area contributed by atoms with E-state index >= 15 is 0 Å². The number of nitrogens with zero attached hydrogens (tertiary/aromatic N) is 1. The van der Waals surface area contributed by atoms with E-state index in [9.17, 15) is 9.59 Å². The van der Waals surface area contributed by atoms with Crippen molar-refractivity contribution in [3.05, 3.63) is 47.2 Å². The van der Waals surface area contributed by atoms with Crippen LogP contribution in [0.3, 0.4) is 0 Å². The number of hydrogen-bond acceptors (Lipinski definition) is 6. The molecule has 1 aromatic carbocycles. The fourth-order valence-electron chi connectivity index (χ4n) is 2.25. The maximum atomic E-state index is 11.9. The van der Waals surface area contributed by atoms with Crippen molar-refractivity contribution in [2.75, 3.05) is 7.11 Å². The number of rotatable bonds is 5. The van der Waals surface area contributed by atoms with Crippen LogP contribution < -0.4 is 16.7 Å². The minimum atomic E-state index is -0.636. The van der Waals surface area contributed by atoms with Crippen molar-refractivity contribution in [2.45, 2.75) is 19.8 Å². The number of nitrogens with one attached hydrogen (secondary N) is 2. The summed E-state index contributed by atoms with van der Waals surface area (Å²) >= 11 is 0. The van der Waals surface area contributed by atoms with Crippen LogP contribution >= 0.6 is 0 Å². The molecule has 1 aromatic heterocycles. The number of carbonyl (C=O) groups excluding carboxylic acids is 2. The second-order valence-corrected chi connectivity index (χ2v) is 5.49. The molecule has 0 atom stereocenters. The lowest BCUT2D eigenvalue weighted by atomic mass is 9.94. The maximum Gasteiger partial charge on any atom is 0.349 e. The Labute approximate surface area is 145 Å². The van der Waals surface area contributed by atoms with Crippen molar-refractivity contribution in [2.24, 2.45) is 10.9 Å². The van der Waals surface area contributed by atoms with E-state index in [0.29, 0.717) is 17.1 Å². The Balaban J connectivity index is 2.26. The quantitative estimate of drug-likeness (QED) is 0.253. The number of furan rings is 1. The van der Waals surface area contributed by atoms with E-state index in [-0.39, 0.29) is 11.9 Å². The van der Waals surface area contributed by atoms with Crippen molar-refractivity contribution in [1.82, 2.24) is 10.9 Å². The minimum absolute atomic E-state index is 0.143. The van der Waals surface area contributed by atoms with Gasteiger partial charge in [-0.3, -0.25) is 5.43 Å². The molecule has 25 heavy (non-hydrogen) atoms. The molecule has 0 bridgehead atoms. The van der Waals surface area contributed by atoms with Gasteiger partial charge < -0.3 is 9.15 Å². The van der Waals surface area contributed by atoms with E-state index in [1.165, 1.54) is 13.3 Å². The molecule has 2 rings (SSSR count). The lowest BCUT2D eigenvalue weighted by Crippen LogP contribution is -2.37. The summed E-state index contributed by atoms with van der Waals surface area (Å²) in [6.45, 7) is 4.00. The molecule has 2 amide bonds. The van der Waals surface area contributed by atoms with Gasteiger partial charge in [-0.25, -0.2) is 20.9 Å². The second-order valence-electron chi connectivity index (χ2n) is 5.49. The van der Waals surface area contributed by atoms with Crippen molar-refractivity contribution in [3.63, 3.8) is 0 Å². The van der Waals surface area contributed by atoms with Crippen LogP contribution in [0.5, 0.6) is 0 Å². The van der Waals surface area contributed by atoms with Crippen molar-refractivity contribution in [1.29, 1.82) is 0 Å². The molecular weight excluding hydrogens is 324 g/mol. The molecule has 8 nitrogen and oxygen atoms in total. The summed E-state index contributed by atoms with van der Waals surface area (Å²) in [5.41, 5.74) is 6.28. The van der Waals surface area contributed by atoms with E-state index in [1.54, 1.807) is 24.3 Å². The zero-order valence-corrected chi connectivity index (χ0v) is 14.2. The Hall–Kier alpha value is -3.13. The van der Waals surface area contributed by atoms with Gasteiger partial charge in [-0.1, -0.05) is 19.9 Å². The summed E-state index contributed by atoms with van der Waals surface area (Å²) in [4.78, 5) is 22.8. The summed E-state index contributed by atoms with van der Waals surface area (Å²) in [6.07, 6.45) is 1.35. The number of methoxy groups -OCH3 is 1. The molecule has 0 spiro atoms. The van der Waals surface area contributed by atoms with Crippen LogP contribution in [0.1, 0.15) is 41.4 Å². The highest BCUT2D eigenvalue weighted by Gasteiger charge is 2.16. The molecule has 2 aromatic rings. The third kappa shape index (κ3) is 4.45. The van der Waals surface area contributed by atoms with Gasteiger partial charge in [-0.2, -0.15) is 5.10 Å². The monoisotopic (exact) mass is 344 g/mol. The van der Waals surface area contributed by atoms with E-state index < -0.39 is 6.03 Å². The average molecular weight is 344 g/mol. The molecule has 0 aliphatic heterocycles. The first-order valence-electron chi connectivity index (χ1n) is 7.58. The minimum Gasteiger partial charge on any atom is -0.465 e. The van der Waals surface area contributed by atoms with Crippen molar-refractivity contribution in [3.8, 4) is 11.3 Å². The largest absolute Gasteiger partial charge is 0.465 e. The number of hydrazine groups is 1. The normalized spacial score (nSPS) is 10.9. The number of hydrazone groups is 1. The number of benzene rings is 1. The van der Waals surface area contributed by atoms with Crippen LogP contribution in [0.25, 0.3) is 11.3 Å². The molecule has 8 heteroatoms. The van der Waals surface area contributed by atoms with E-state index in [1.807, 2.05) is 25.3 Å². The molecule has 0 aliphatic rings. The van der Waals surface area contributed by atoms with Crippen molar-refractivity contribution >= 4 is 18.2 Å². The van der Waals surface area contributed by atoms with Crippen molar-refractivity contribution < 1.29 is 18.7 Å². The Morgan fingerprint density at radius 3 is 2.68 bits per heavy atom. The van der Waals surface area contributed by atoms with Gasteiger partial charge in [0.1, 0.15) is 11.5 Å². The predicted octanol–water partition coefficient (Wildman–Crippen LogP) is 2.36. The molecule has 0 aliphatic carbocycles. The van der Waals surface area contributed by atoms with Gasteiger partial charge in [0.2, 0.25) is 0 Å². The molecule has 0 saturated carbocycles. The van der Waals surface area contributed by atoms with E-state index in [2.05, 4.69) is 10.5 Å². The highest BCUT2D eigenvalue weighted by atomic mass is 16.5. The molecule has 0 unspecified atom stereocenters. The van der Waals surface area contributed by atoms with E-state index in [4.69, 9.17) is 15.0 Å². The number of esters is 1. The zero-order valence-electron chi connectivity index (χ0n) is 14.2. The fourth-order valence-corrected chi connectivity index (χ4v) is 2.25. The van der Waals surface area contributed by atoms with E-state index in [0.717, 1.165) is 11.1 Å². The molecule has 0 radical (unpaired) electrons. The lowest BCUT2D eigenvalue weighted by molar-refractivity contribution is 0.0599. The number of amides is 2. The topological polar surface area (TPSA) is 119 Å². The predicted molar refractivity (Wildman–Crippen MR) is 93.0 cm³/mol. The molecule has 0 fully saturated rings. The smallest absolute Gasteiger partial charge is 0.349 e. The van der Waals surface area contributed by atoms with Gasteiger partial charge in [0.05, 0.1) is 18.9 Å². The van der Waals surface area contributed by atoms with Gasteiger partial charge in [0.15, 0.2) is 0 Å². The van der Waals surface area contributed by atoms with Gasteiger partial charge in [-0.05, 0) is 35.7 Å². The molecule has 132 valence electrons. The summed E-state index contributed by atoms with van der Waals surface area (Å²) in [5, 5.41) is 3.69. The molecule has 0 saturated heterocycles. The van der Waals surface area contributed by atoms with Crippen LogP contribution in [-0.4, -0.2) is 25.3 Å². The Kier molecular flexibility index (Phi) is 5.91. The number of urea groups is 1. The SMILES string of the molecule is COC(=O)c1ccc(-c2ccc(/C=N/NC(=O)NN)o2)cc1C(C)C. The first-order valence-corrected chi connectivity index (χ1v) is 7.58.